The van der Waals surface area contributed by atoms with Gasteiger partial charge in [-0.2, -0.15) is 0 Å². The highest BCUT2D eigenvalue weighted by Crippen LogP contribution is 2.17. The number of aliphatic carboxylic acids is 1. The van der Waals surface area contributed by atoms with E-state index in [2.05, 4.69) is 4.98 Å². The van der Waals surface area contributed by atoms with E-state index in [0.717, 1.165) is 6.39 Å². The predicted molar refractivity (Wildman–Crippen MR) is 42.6 cm³/mol. The largest absolute Gasteiger partial charge is 0.481 e. The Labute approximate surface area is 78.2 Å². The average molecular weight is 200 g/mol. The number of hydrogen-bond acceptors (Lipinski definition) is 5. The minimum Gasteiger partial charge on any atom is -0.481 e. The van der Waals surface area contributed by atoms with Gasteiger partial charge in [0.2, 0.25) is 0 Å². The van der Waals surface area contributed by atoms with Gasteiger partial charge in [0.15, 0.2) is 17.8 Å². The third-order valence-corrected chi connectivity index (χ3v) is 1.53. The molecule has 0 fully saturated rings. The lowest BCUT2D eigenvalue weighted by Gasteiger charge is -2.04. The molecule has 0 aromatic carbocycles. The highest BCUT2D eigenvalue weighted by atomic mass is 16.4. The molecule has 1 heterocycles. The fourth-order valence-electron chi connectivity index (χ4n) is 0.960. The summed E-state index contributed by atoms with van der Waals surface area (Å²) in [6.07, 6.45) is 0.510. The maximum absolute atomic E-state index is 10.5. The van der Waals surface area contributed by atoms with Gasteiger partial charge < -0.3 is 20.4 Å². The number of aromatic nitrogens is 1. The molecule has 0 aliphatic rings. The van der Waals surface area contributed by atoms with Crippen molar-refractivity contribution >= 4 is 11.9 Å². The first-order valence-corrected chi connectivity index (χ1v) is 3.66. The summed E-state index contributed by atoms with van der Waals surface area (Å²) in [4.78, 5) is 24.2. The highest BCUT2D eigenvalue weighted by molar-refractivity contribution is 5.86. The van der Waals surface area contributed by atoms with E-state index >= 15 is 0 Å². The first-order valence-electron chi connectivity index (χ1n) is 3.66. The Bertz CT molecular complexity index is 359. The lowest BCUT2D eigenvalue weighted by atomic mass is 10.1. The zero-order valence-corrected chi connectivity index (χ0v) is 7.01. The maximum Gasteiger partial charge on any atom is 0.358 e. The summed E-state index contributed by atoms with van der Waals surface area (Å²) in [6, 6.07) is -0.999. The fourth-order valence-corrected chi connectivity index (χ4v) is 0.960. The van der Waals surface area contributed by atoms with E-state index in [0.29, 0.717) is 0 Å². The van der Waals surface area contributed by atoms with Crippen molar-refractivity contribution in [3.8, 4) is 0 Å². The Balaban J connectivity index is 2.89. The zero-order chi connectivity index (χ0) is 10.7. The Morgan fingerprint density at radius 3 is 2.71 bits per heavy atom. The first-order chi connectivity index (χ1) is 6.52. The Morgan fingerprint density at radius 2 is 2.21 bits per heavy atom. The van der Waals surface area contributed by atoms with E-state index < -0.39 is 24.4 Å². The molecule has 1 rings (SSSR count). The average Bonchev–Trinajstić information content (AvgIpc) is 2.49. The second-order valence-electron chi connectivity index (χ2n) is 2.57. The molecule has 0 amide bonds. The quantitative estimate of drug-likeness (QED) is 0.616. The number of carboxylic acid groups (broad SMARTS) is 2. The van der Waals surface area contributed by atoms with Gasteiger partial charge in [0.25, 0.3) is 0 Å². The van der Waals surface area contributed by atoms with Gasteiger partial charge in [-0.3, -0.25) is 4.79 Å². The van der Waals surface area contributed by atoms with Crippen molar-refractivity contribution in [2.45, 2.75) is 12.5 Å². The van der Waals surface area contributed by atoms with E-state index in [1.807, 2.05) is 0 Å². The molecule has 0 saturated heterocycles. The Kier molecular flexibility index (Phi) is 2.82. The first kappa shape index (κ1) is 10.2. The molecule has 14 heavy (non-hydrogen) atoms. The molecule has 1 unspecified atom stereocenters. The Morgan fingerprint density at radius 1 is 1.57 bits per heavy atom. The van der Waals surface area contributed by atoms with Crippen LogP contribution in [0, 0.1) is 0 Å². The second kappa shape index (κ2) is 3.88. The summed E-state index contributed by atoms with van der Waals surface area (Å²) >= 11 is 0. The van der Waals surface area contributed by atoms with Crippen LogP contribution in [0.2, 0.25) is 0 Å². The number of hydrogen-bond donors (Lipinski definition) is 3. The summed E-state index contributed by atoms with van der Waals surface area (Å²) in [5.41, 5.74) is 5.05. The zero-order valence-electron chi connectivity index (χ0n) is 7.01. The number of aromatic carboxylic acids is 1. The third kappa shape index (κ3) is 2.07. The van der Waals surface area contributed by atoms with Gasteiger partial charge in [-0.25, -0.2) is 9.78 Å². The molecule has 0 radical (unpaired) electrons. The second-order valence-corrected chi connectivity index (χ2v) is 2.57. The highest BCUT2D eigenvalue weighted by Gasteiger charge is 2.23. The van der Waals surface area contributed by atoms with Crippen molar-refractivity contribution < 1.29 is 24.2 Å². The van der Waals surface area contributed by atoms with Gasteiger partial charge in [-0.1, -0.05) is 0 Å². The van der Waals surface area contributed by atoms with Crippen LogP contribution in [-0.2, 0) is 4.79 Å². The van der Waals surface area contributed by atoms with Crippen LogP contribution >= 0.6 is 0 Å². The standard InChI is InChI=1S/C7H8N2O5/c8-3(1-4(10)11)6-5(7(12)13)9-2-14-6/h2-3H,1,8H2,(H,10,11)(H,12,13). The monoisotopic (exact) mass is 200 g/mol. The maximum atomic E-state index is 10.5. The van der Waals surface area contributed by atoms with Crippen LogP contribution in [0.1, 0.15) is 28.7 Å². The number of nitrogens with zero attached hydrogens (tertiary/aromatic N) is 1. The molecule has 0 spiro atoms. The van der Waals surface area contributed by atoms with E-state index in [4.69, 9.17) is 20.4 Å². The third-order valence-electron chi connectivity index (χ3n) is 1.53. The van der Waals surface area contributed by atoms with Gasteiger partial charge in [0, 0.05) is 0 Å². The van der Waals surface area contributed by atoms with Crippen molar-refractivity contribution in [1.29, 1.82) is 0 Å². The molecule has 76 valence electrons. The molecule has 1 atom stereocenters. The van der Waals surface area contributed by atoms with Crippen LogP contribution in [0.15, 0.2) is 10.8 Å². The lowest BCUT2D eigenvalue weighted by Crippen LogP contribution is -2.17. The molecule has 0 aliphatic heterocycles. The fraction of sp³-hybridized carbons (Fsp3) is 0.286. The Hall–Kier alpha value is -1.89. The van der Waals surface area contributed by atoms with Crippen LogP contribution in [0.3, 0.4) is 0 Å². The number of carboxylic acids is 2. The summed E-state index contributed by atoms with van der Waals surface area (Å²) < 4.78 is 4.71. The van der Waals surface area contributed by atoms with Gasteiger partial charge >= 0.3 is 11.9 Å². The minimum absolute atomic E-state index is 0.125. The summed E-state index contributed by atoms with van der Waals surface area (Å²) in [5, 5.41) is 17.0. The normalized spacial score (nSPS) is 12.4. The van der Waals surface area contributed by atoms with E-state index in [1.54, 1.807) is 0 Å². The molecular formula is C7H8N2O5. The summed E-state index contributed by atoms with van der Waals surface area (Å²) in [6.45, 7) is 0. The molecule has 0 aliphatic carbocycles. The topological polar surface area (TPSA) is 127 Å². The van der Waals surface area contributed by atoms with Gasteiger partial charge in [-0.15, -0.1) is 0 Å². The molecule has 0 saturated carbocycles. The lowest BCUT2D eigenvalue weighted by molar-refractivity contribution is -0.137. The summed E-state index contributed by atoms with van der Waals surface area (Å²) in [5.74, 6) is -2.56. The van der Waals surface area contributed by atoms with Gasteiger partial charge in [0.1, 0.15) is 0 Å². The van der Waals surface area contributed by atoms with Gasteiger partial charge in [-0.05, 0) is 0 Å². The number of carbonyl (C=O) groups is 2. The molecular weight excluding hydrogens is 192 g/mol. The molecule has 1 aromatic rings. The van der Waals surface area contributed by atoms with Crippen molar-refractivity contribution in [3.63, 3.8) is 0 Å². The van der Waals surface area contributed by atoms with Crippen LogP contribution in [-0.4, -0.2) is 27.1 Å². The molecule has 0 bridgehead atoms. The van der Waals surface area contributed by atoms with E-state index in [9.17, 15) is 9.59 Å². The van der Waals surface area contributed by atoms with Crippen molar-refractivity contribution in [2.75, 3.05) is 0 Å². The molecule has 1 aromatic heterocycles. The number of oxazole rings is 1. The number of rotatable bonds is 4. The smallest absolute Gasteiger partial charge is 0.358 e. The number of nitrogens with two attached hydrogens (primary N) is 1. The molecule has 7 nitrogen and oxygen atoms in total. The van der Waals surface area contributed by atoms with E-state index in [1.165, 1.54) is 0 Å². The SMILES string of the molecule is NC(CC(=O)O)c1ocnc1C(=O)O. The van der Waals surface area contributed by atoms with Crippen LogP contribution in [0.4, 0.5) is 0 Å². The van der Waals surface area contributed by atoms with Crippen molar-refractivity contribution in [1.82, 2.24) is 4.98 Å². The molecule has 7 heteroatoms. The van der Waals surface area contributed by atoms with Crippen molar-refractivity contribution in [2.24, 2.45) is 5.73 Å². The van der Waals surface area contributed by atoms with Crippen LogP contribution in [0.25, 0.3) is 0 Å². The predicted octanol–water partition coefficient (Wildman–Crippen LogP) is -0.153. The van der Waals surface area contributed by atoms with Crippen LogP contribution < -0.4 is 5.73 Å². The summed E-state index contributed by atoms with van der Waals surface area (Å²) in [7, 11) is 0. The molecule has 4 N–H and O–H groups in total. The van der Waals surface area contributed by atoms with Crippen molar-refractivity contribution in [3.05, 3.63) is 17.8 Å². The minimum atomic E-state index is -1.30. The van der Waals surface area contributed by atoms with Crippen LogP contribution in [0.5, 0.6) is 0 Å². The van der Waals surface area contributed by atoms with E-state index in [-0.39, 0.29) is 11.5 Å². The van der Waals surface area contributed by atoms with Gasteiger partial charge in [0.05, 0.1) is 12.5 Å².